The minimum absolute atomic E-state index is 0.0591. The van der Waals surface area contributed by atoms with Crippen LogP contribution in [0.25, 0.3) is 0 Å². The number of esters is 1. The molecule has 1 rings (SSSR count). The maximum Gasteiger partial charge on any atom is 0.320 e. The molecule has 0 saturated carbocycles. The van der Waals surface area contributed by atoms with E-state index in [1.165, 1.54) is 13.2 Å². The van der Waals surface area contributed by atoms with Crippen LogP contribution in [0.2, 0.25) is 0 Å². The molecule has 0 aliphatic rings. The summed E-state index contributed by atoms with van der Waals surface area (Å²) in [6.07, 6.45) is 0. The quantitative estimate of drug-likeness (QED) is 0.784. The molecule has 5 nitrogen and oxygen atoms in total. The lowest BCUT2D eigenvalue weighted by Gasteiger charge is -2.09. The third-order valence-electron chi connectivity index (χ3n) is 2.14. The molecule has 1 N–H and O–H groups in total. The summed E-state index contributed by atoms with van der Waals surface area (Å²) in [5, 5.41) is 0. The number of hydrogen-bond acceptors (Lipinski definition) is 4. The Hall–Kier alpha value is -0.440. The normalized spacial score (nSPS) is 11.3. The van der Waals surface area contributed by atoms with Crippen LogP contribution in [0.15, 0.2) is 26.0 Å². The highest BCUT2D eigenvalue weighted by atomic mass is 79.9. The lowest BCUT2D eigenvalue weighted by Crippen LogP contribution is -2.30. The van der Waals surface area contributed by atoms with Gasteiger partial charge in [0.05, 0.1) is 12.0 Å². The van der Waals surface area contributed by atoms with E-state index in [0.717, 1.165) is 5.56 Å². The van der Waals surface area contributed by atoms with Crippen molar-refractivity contribution in [3.63, 3.8) is 0 Å². The van der Waals surface area contributed by atoms with Gasteiger partial charge in [-0.1, -0.05) is 15.9 Å². The Morgan fingerprint density at radius 3 is 2.50 bits per heavy atom. The zero-order valence-corrected chi connectivity index (χ0v) is 13.6. The fourth-order valence-corrected chi connectivity index (χ4v) is 3.78. The second kappa shape index (κ2) is 6.14. The molecule has 18 heavy (non-hydrogen) atoms. The molecule has 0 aliphatic carbocycles. The van der Waals surface area contributed by atoms with Crippen LogP contribution in [0.4, 0.5) is 0 Å². The number of methoxy groups -OCH3 is 1. The summed E-state index contributed by atoms with van der Waals surface area (Å²) in [6.45, 7) is 1.43. The van der Waals surface area contributed by atoms with E-state index in [4.69, 9.17) is 0 Å². The van der Waals surface area contributed by atoms with Crippen LogP contribution in [0.1, 0.15) is 5.56 Å². The largest absolute Gasteiger partial charge is 0.468 e. The number of rotatable bonds is 4. The Morgan fingerprint density at radius 1 is 1.33 bits per heavy atom. The van der Waals surface area contributed by atoms with Crippen LogP contribution in [0.3, 0.4) is 0 Å². The summed E-state index contributed by atoms with van der Waals surface area (Å²) >= 11 is 6.45. The number of benzene rings is 1. The fourth-order valence-electron chi connectivity index (χ4n) is 1.14. The lowest BCUT2D eigenvalue weighted by atomic mass is 10.2. The zero-order chi connectivity index (χ0) is 13.9. The first-order valence-electron chi connectivity index (χ1n) is 4.80. The molecule has 0 fully saturated rings. The highest BCUT2D eigenvalue weighted by Crippen LogP contribution is 2.28. The molecule has 0 saturated heterocycles. The SMILES string of the molecule is COC(=O)CNS(=O)(=O)c1cc(Br)c(C)cc1Br. The Kier molecular flexibility index (Phi) is 5.32. The summed E-state index contributed by atoms with van der Waals surface area (Å²) in [5.41, 5.74) is 0.897. The van der Waals surface area contributed by atoms with Crippen molar-refractivity contribution >= 4 is 47.9 Å². The van der Waals surface area contributed by atoms with E-state index in [1.54, 1.807) is 6.07 Å². The van der Waals surface area contributed by atoms with E-state index < -0.39 is 22.5 Å². The summed E-state index contributed by atoms with van der Waals surface area (Å²) < 4.78 is 31.6. The average molecular weight is 401 g/mol. The Morgan fingerprint density at radius 2 is 1.94 bits per heavy atom. The van der Waals surface area contributed by atoms with Gasteiger partial charge in [0.2, 0.25) is 10.0 Å². The minimum atomic E-state index is -3.76. The molecule has 0 heterocycles. The van der Waals surface area contributed by atoms with Crippen LogP contribution in [-0.4, -0.2) is 28.0 Å². The molecule has 1 aromatic rings. The van der Waals surface area contributed by atoms with E-state index >= 15 is 0 Å². The zero-order valence-electron chi connectivity index (χ0n) is 9.66. The van der Waals surface area contributed by atoms with Gasteiger partial charge >= 0.3 is 5.97 Å². The highest BCUT2D eigenvalue weighted by Gasteiger charge is 2.20. The van der Waals surface area contributed by atoms with Crippen molar-refractivity contribution in [3.8, 4) is 0 Å². The number of hydrogen-bond donors (Lipinski definition) is 1. The molecule has 0 bridgehead atoms. The average Bonchev–Trinajstić information content (AvgIpc) is 2.30. The van der Waals surface area contributed by atoms with Gasteiger partial charge in [-0.2, -0.15) is 4.72 Å². The van der Waals surface area contributed by atoms with E-state index in [1.807, 2.05) is 6.92 Å². The predicted molar refractivity (Wildman–Crippen MR) is 73.8 cm³/mol. The Bertz CT molecular complexity index is 571. The maximum absolute atomic E-state index is 12.0. The lowest BCUT2D eigenvalue weighted by molar-refractivity contribution is -0.139. The van der Waals surface area contributed by atoms with Gasteiger partial charge in [-0.25, -0.2) is 8.42 Å². The van der Waals surface area contributed by atoms with Crippen molar-refractivity contribution < 1.29 is 17.9 Å². The van der Waals surface area contributed by atoms with Crippen LogP contribution in [0.5, 0.6) is 0 Å². The molecule has 0 atom stereocenters. The molecule has 0 spiro atoms. The molecule has 0 radical (unpaired) electrons. The summed E-state index contributed by atoms with van der Waals surface area (Å²) in [6, 6.07) is 3.15. The number of carbonyl (C=O) groups is 1. The smallest absolute Gasteiger partial charge is 0.320 e. The van der Waals surface area contributed by atoms with E-state index in [2.05, 4.69) is 41.3 Å². The molecule has 0 amide bonds. The number of aryl methyl sites for hydroxylation is 1. The maximum atomic E-state index is 12.0. The number of carbonyl (C=O) groups excluding carboxylic acids is 1. The van der Waals surface area contributed by atoms with Gasteiger partial charge in [0.15, 0.2) is 0 Å². The van der Waals surface area contributed by atoms with Gasteiger partial charge in [-0.3, -0.25) is 4.79 Å². The molecule has 8 heteroatoms. The first kappa shape index (κ1) is 15.6. The van der Waals surface area contributed by atoms with Crippen LogP contribution < -0.4 is 4.72 Å². The van der Waals surface area contributed by atoms with Crippen molar-refractivity contribution in [3.05, 3.63) is 26.6 Å². The number of nitrogens with one attached hydrogen (secondary N) is 1. The summed E-state index contributed by atoms with van der Waals surface area (Å²) in [7, 11) is -2.57. The van der Waals surface area contributed by atoms with Gasteiger partial charge in [0.25, 0.3) is 0 Å². The Balaban J connectivity index is 3.06. The van der Waals surface area contributed by atoms with E-state index in [0.29, 0.717) is 8.95 Å². The van der Waals surface area contributed by atoms with Crippen molar-refractivity contribution in [1.82, 2.24) is 4.72 Å². The second-order valence-corrected chi connectivity index (χ2v) is 6.88. The summed E-state index contributed by atoms with van der Waals surface area (Å²) in [4.78, 5) is 11.0. The fraction of sp³-hybridized carbons (Fsp3) is 0.300. The Labute approximate surface area is 122 Å². The minimum Gasteiger partial charge on any atom is -0.468 e. The molecule has 0 aliphatic heterocycles. The third-order valence-corrected chi connectivity index (χ3v) is 5.35. The molecule has 100 valence electrons. The molecular weight excluding hydrogens is 390 g/mol. The predicted octanol–water partition coefficient (Wildman–Crippen LogP) is 1.97. The van der Waals surface area contributed by atoms with Crippen molar-refractivity contribution in [2.24, 2.45) is 0 Å². The van der Waals surface area contributed by atoms with Gasteiger partial charge in [-0.15, -0.1) is 0 Å². The first-order chi connectivity index (χ1) is 8.27. The van der Waals surface area contributed by atoms with Gasteiger partial charge in [0, 0.05) is 8.95 Å². The standard InChI is InChI=1S/C10H11Br2NO4S/c1-6-3-8(12)9(4-7(6)11)18(15,16)13-5-10(14)17-2/h3-4,13H,5H2,1-2H3. The molecule has 1 aromatic carbocycles. The number of sulfonamides is 1. The van der Waals surface area contributed by atoms with Gasteiger partial charge in [-0.05, 0) is 40.5 Å². The van der Waals surface area contributed by atoms with Crippen molar-refractivity contribution in [2.75, 3.05) is 13.7 Å². The molecular formula is C10H11Br2NO4S. The second-order valence-electron chi connectivity index (χ2n) is 3.43. The third kappa shape index (κ3) is 3.78. The van der Waals surface area contributed by atoms with Crippen LogP contribution in [0, 0.1) is 6.92 Å². The first-order valence-corrected chi connectivity index (χ1v) is 7.87. The molecule has 0 aromatic heterocycles. The van der Waals surface area contributed by atoms with E-state index in [-0.39, 0.29) is 4.90 Å². The topological polar surface area (TPSA) is 72.5 Å². The van der Waals surface area contributed by atoms with Gasteiger partial charge in [0.1, 0.15) is 6.54 Å². The van der Waals surface area contributed by atoms with Crippen LogP contribution >= 0.6 is 31.9 Å². The number of halogens is 2. The van der Waals surface area contributed by atoms with Crippen molar-refractivity contribution in [2.45, 2.75) is 11.8 Å². The van der Waals surface area contributed by atoms with Crippen molar-refractivity contribution in [1.29, 1.82) is 0 Å². The van der Waals surface area contributed by atoms with Gasteiger partial charge < -0.3 is 4.74 Å². The van der Waals surface area contributed by atoms with Crippen LogP contribution in [-0.2, 0) is 19.6 Å². The molecule has 0 unspecified atom stereocenters. The summed E-state index contributed by atoms with van der Waals surface area (Å²) in [5.74, 6) is -0.652. The highest BCUT2D eigenvalue weighted by molar-refractivity contribution is 9.11. The van der Waals surface area contributed by atoms with E-state index in [9.17, 15) is 13.2 Å². The monoisotopic (exact) mass is 399 g/mol. The number of ether oxygens (including phenoxy) is 1.